The molecule has 1 atom stereocenters. The molecule has 0 aliphatic rings. The molecular weight excluding hydrogens is 661 g/mol. The van der Waals surface area contributed by atoms with Crippen molar-refractivity contribution in [1.29, 1.82) is 0 Å². The van der Waals surface area contributed by atoms with Gasteiger partial charge >= 0.3 is 17.9 Å². The molecule has 0 fully saturated rings. The summed E-state index contributed by atoms with van der Waals surface area (Å²) in [6.07, 6.45) is 44.9. The summed E-state index contributed by atoms with van der Waals surface area (Å²) in [5.41, 5.74) is 0. The van der Waals surface area contributed by atoms with E-state index in [1.807, 2.05) is 0 Å². The van der Waals surface area contributed by atoms with E-state index >= 15 is 0 Å². The van der Waals surface area contributed by atoms with Crippen LogP contribution in [0.4, 0.5) is 0 Å². The molecule has 0 aromatic heterocycles. The maximum atomic E-state index is 12.6. The minimum Gasteiger partial charge on any atom is -0.462 e. The maximum absolute atomic E-state index is 12.6. The number of rotatable bonds is 42. The molecule has 0 bridgehead atoms. The van der Waals surface area contributed by atoms with Crippen molar-refractivity contribution in [1.82, 2.24) is 0 Å². The van der Waals surface area contributed by atoms with Gasteiger partial charge in [-0.2, -0.15) is 0 Å². The number of carbonyl (C=O) groups excluding carboxylic acids is 3. The summed E-state index contributed by atoms with van der Waals surface area (Å²) in [6, 6.07) is 0. The molecule has 0 spiro atoms. The number of esters is 3. The van der Waals surface area contributed by atoms with Gasteiger partial charge in [0.25, 0.3) is 0 Å². The van der Waals surface area contributed by atoms with Gasteiger partial charge in [0.05, 0.1) is 0 Å². The molecular formula is C47H88O6. The van der Waals surface area contributed by atoms with E-state index in [0.717, 1.165) is 57.8 Å². The molecule has 0 amide bonds. The molecule has 53 heavy (non-hydrogen) atoms. The second-order valence-electron chi connectivity index (χ2n) is 15.7. The molecule has 6 heteroatoms. The van der Waals surface area contributed by atoms with Crippen LogP contribution in [0.15, 0.2) is 12.2 Å². The normalized spacial score (nSPS) is 12.0. The van der Waals surface area contributed by atoms with E-state index in [1.54, 1.807) is 0 Å². The van der Waals surface area contributed by atoms with Crippen LogP contribution in [0.3, 0.4) is 0 Å². The summed E-state index contributed by atoms with van der Waals surface area (Å²) in [5, 5.41) is 0. The lowest BCUT2D eigenvalue weighted by Gasteiger charge is -2.18. The highest BCUT2D eigenvalue weighted by molar-refractivity contribution is 5.71. The van der Waals surface area contributed by atoms with Crippen LogP contribution in [0.2, 0.25) is 0 Å². The highest BCUT2D eigenvalue weighted by atomic mass is 16.6. The van der Waals surface area contributed by atoms with Crippen LogP contribution in [0.25, 0.3) is 0 Å². The lowest BCUT2D eigenvalue weighted by atomic mass is 10.1. The number of carbonyl (C=O) groups is 3. The number of allylic oxidation sites excluding steroid dienone is 2. The van der Waals surface area contributed by atoms with E-state index in [0.29, 0.717) is 19.3 Å². The first-order valence-electron chi connectivity index (χ1n) is 23.2. The second-order valence-corrected chi connectivity index (χ2v) is 15.7. The van der Waals surface area contributed by atoms with Gasteiger partial charge in [-0.25, -0.2) is 0 Å². The van der Waals surface area contributed by atoms with Gasteiger partial charge < -0.3 is 14.2 Å². The van der Waals surface area contributed by atoms with E-state index in [4.69, 9.17) is 14.2 Å². The molecule has 0 aromatic carbocycles. The summed E-state index contributed by atoms with van der Waals surface area (Å²) in [7, 11) is 0. The third kappa shape index (κ3) is 41.2. The molecule has 0 aliphatic heterocycles. The van der Waals surface area contributed by atoms with Gasteiger partial charge in [0.2, 0.25) is 0 Å². The molecule has 0 N–H and O–H groups in total. The van der Waals surface area contributed by atoms with Crippen molar-refractivity contribution >= 4 is 17.9 Å². The largest absolute Gasteiger partial charge is 0.462 e. The SMILES string of the molecule is CCCCCCCCC/C=C\CCCCCCCCCC(=O)OCC(COC(=O)CCCCCCCCCC)OC(=O)CCCCCCCCCCC. The molecule has 0 heterocycles. The number of hydrogen-bond acceptors (Lipinski definition) is 6. The zero-order valence-corrected chi connectivity index (χ0v) is 35.6. The predicted octanol–water partition coefficient (Wildman–Crippen LogP) is 14.6. The molecule has 312 valence electrons. The van der Waals surface area contributed by atoms with Crippen LogP contribution in [0.5, 0.6) is 0 Å². The van der Waals surface area contributed by atoms with Crippen molar-refractivity contribution in [3.05, 3.63) is 12.2 Å². The quantitative estimate of drug-likeness (QED) is 0.0268. The van der Waals surface area contributed by atoms with Crippen LogP contribution in [-0.4, -0.2) is 37.2 Å². The molecule has 0 radical (unpaired) electrons. The fourth-order valence-corrected chi connectivity index (χ4v) is 6.73. The molecule has 1 unspecified atom stereocenters. The van der Waals surface area contributed by atoms with Gasteiger partial charge in [-0.1, -0.05) is 200 Å². The third-order valence-corrected chi connectivity index (χ3v) is 10.3. The first-order valence-corrected chi connectivity index (χ1v) is 23.2. The smallest absolute Gasteiger partial charge is 0.306 e. The molecule has 0 saturated heterocycles. The summed E-state index contributed by atoms with van der Waals surface area (Å²) < 4.78 is 16.6. The number of unbranched alkanes of at least 4 members (excludes halogenated alkanes) is 29. The first kappa shape index (κ1) is 51.1. The highest BCUT2D eigenvalue weighted by Crippen LogP contribution is 2.15. The Morgan fingerprint density at radius 2 is 0.623 bits per heavy atom. The zero-order valence-electron chi connectivity index (χ0n) is 35.6. The fraction of sp³-hybridized carbons (Fsp3) is 0.894. The minimum atomic E-state index is -0.761. The van der Waals surface area contributed by atoms with Crippen LogP contribution < -0.4 is 0 Å². The Labute approximate surface area is 329 Å². The van der Waals surface area contributed by atoms with Crippen molar-refractivity contribution in [2.24, 2.45) is 0 Å². The number of hydrogen-bond donors (Lipinski definition) is 0. The molecule has 6 nitrogen and oxygen atoms in total. The van der Waals surface area contributed by atoms with E-state index in [9.17, 15) is 14.4 Å². The molecule has 0 aromatic rings. The van der Waals surface area contributed by atoms with Crippen molar-refractivity contribution in [3.8, 4) is 0 Å². The molecule has 0 rings (SSSR count). The first-order chi connectivity index (χ1) is 26.0. The zero-order chi connectivity index (χ0) is 38.7. The van der Waals surface area contributed by atoms with Crippen molar-refractivity contribution < 1.29 is 28.6 Å². The van der Waals surface area contributed by atoms with E-state index in [1.165, 1.54) is 154 Å². The Hall–Kier alpha value is -1.85. The van der Waals surface area contributed by atoms with E-state index in [-0.39, 0.29) is 31.1 Å². The van der Waals surface area contributed by atoms with Gasteiger partial charge in [-0.05, 0) is 44.9 Å². The van der Waals surface area contributed by atoms with Gasteiger partial charge in [0.15, 0.2) is 6.10 Å². The van der Waals surface area contributed by atoms with Crippen molar-refractivity contribution in [2.75, 3.05) is 13.2 Å². The van der Waals surface area contributed by atoms with Crippen molar-refractivity contribution in [2.45, 2.75) is 258 Å². The van der Waals surface area contributed by atoms with Gasteiger partial charge in [0.1, 0.15) is 13.2 Å². The Balaban J connectivity index is 4.21. The molecule has 0 saturated carbocycles. The summed E-state index contributed by atoms with van der Waals surface area (Å²) in [5.74, 6) is -0.872. The summed E-state index contributed by atoms with van der Waals surface area (Å²) in [4.78, 5) is 37.6. The lowest BCUT2D eigenvalue weighted by molar-refractivity contribution is -0.167. The third-order valence-electron chi connectivity index (χ3n) is 10.3. The lowest BCUT2D eigenvalue weighted by Crippen LogP contribution is -2.30. The Bertz CT molecular complexity index is 824. The monoisotopic (exact) mass is 749 g/mol. The van der Waals surface area contributed by atoms with Gasteiger partial charge in [-0.3, -0.25) is 14.4 Å². The summed E-state index contributed by atoms with van der Waals surface area (Å²) >= 11 is 0. The topological polar surface area (TPSA) is 78.9 Å². The van der Waals surface area contributed by atoms with Crippen LogP contribution in [-0.2, 0) is 28.6 Å². The average molecular weight is 749 g/mol. The van der Waals surface area contributed by atoms with Crippen LogP contribution in [0, 0.1) is 0 Å². The highest BCUT2D eigenvalue weighted by Gasteiger charge is 2.19. The molecule has 0 aliphatic carbocycles. The van der Waals surface area contributed by atoms with Crippen molar-refractivity contribution in [3.63, 3.8) is 0 Å². The summed E-state index contributed by atoms with van der Waals surface area (Å²) in [6.45, 7) is 6.59. The Morgan fingerprint density at radius 1 is 0.358 bits per heavy atom. The number of ether oxygens (including phenoxy) is 3. The second kappa shape index (κ2) is 42.9. The van der Waals surface area contributed by atoms with Gasteiger partial charge in [0, 0.05) is 19.3 Å². The van der Waals surface area contributed by atoms with Crippen LogP contribution in [0.1, 0.15) is 252 Å². The Kier molecular flexibility index (Phi) is 41.4. The van der Waals surface area contributed by atoms with E-state index < -0.39 is 6.10 Å². The predicted molar refractivity (Wildman–Crippen MR) is 224 cm³/mol. The standard InChI is InChI=1S/C47H88O6/c1-4-7-10-13-16-19-20-21-22-23-24-25-26-27-29-31-34-37-40-46(49)52-43-44(42-51-45(48)39-36-33-30-18-15-12-9-6-3)53-47(50)41-38-35-32-28-17-14-11-8-5-2/h22-23,44H,4-21,24-43H2,1-3H3/b23-22-. The van der Waals surface area contributed by atoms with E-state index in [2.05, 4.69) is 32.9 Å². The minimum absolute atomic E-state index is 0.0678. The fourth-order valence-electron chi connectivity index (χ4n) is 6.73. The maximum Gasteiger partial charge on any atom is 0.306 e. The Morgan fingerprint density at radius 3 is 0.943 bits per heavy atom. The van der Waals surface area contributed by atoms with Gasteiger partial charge in [-0.15, -0.1) is 0 Å². The average Bonchev–Trinajstić information content (AvgIpc) is 3.15. The van der Waals surface area contributed by atoms with Crippen LogP contribution >= 0.6 is 0 Å².